The lowest BCUT2D eigenvalue weighted by molar-refractivity contribution is -0.170. The largest absolute Gasteiger partial charge is 0.464 e. The normalized spacial score (nSPS) is 28.5. The van der Waals surface area contributed by atoms with Gasteiger partial charge in [0.05, 0.1) is 6.61 Å². The van der Waals surface area contributed by atoms with Crippen LogP contribution in [0.25, 0.3) is 0 Å². The van der Waals surface area contributed by atoms with Gasteiger partial charge < -0.3 is 14.8 Å². The smallest absolute Gasteiger partial charge is 0.339 e. The van der Waals surface area contributed by atoms with Crippen LogP contribution in [-0.4, -0.2) is 38.4 Å². The molecule has 0 saturated carbocycles. The Bertz CT molecular complexity index is 176. The first-order chi connectivity index (χ1) is 6.25. The van der Waals surface area contributed by atoms with Gasteiger partial charge in [0.2, 0.25) is 0 Å². The molecular formula is C9H17NO3. The maximum absolute atomic E-state index is 11.6. The Morgan fingerprint density at radius 3 is 2.85 bits per heavy atom. The SMILES string of the molecule is CCOC(=O)C1(OC)CCCNC1. The van der Waals surface area contributed by atoms with E-state index in [2.05, 4.69) is 5.32 Å². The summed E-state index contributed by atoms with van der Waals surface area (Å²) in [6.45, 7) is 3.72. The number of carbonyl (C=O) groups is 1. The maximum atomic E-state index is 11.6. The molecule has 0 aromatic carbocycles. The fourth-order valence-electron chi connectivity index (χ4n) is 1.57. The van der Waals surface area contributed by atoms with E-state index >= 15 is 0 Å². The molecule has 4 nitrogen and oxygen atoms in total. The van der Waals surface area contributed by atoms with Gasteiger partial charge in [0.1, 0.15) is 0 Å². The van der Waals surface area contributed by atoms with E-state index in [1.54, 1.807) is 14.0 Å². The van der Waals surface area contributed by atoms with Crippen LogP contribution in [0.5, 0.6) is 0 Å². The minimum Gasteiger partial charge on any atom is -0.464 e. The molecule has 1 unspecified atom stereocenters. The topological polar surface area (TPSA) is 47.6 Å². The van der Waals surface area contributed by atoms with Crippen LogP contribution in [0.4, 0.5) is 0 Å². The third kappa shape index (κ3) is 2.19. The third-order valence-electron chi connectivity index (χ3n) is 2.38. The van der Waals surface area contributed by atoms with E-state index in [9.17, 15) is 4.79 Å². The summed E-state index contributed by atoms with van der Waals surface area (Å²) in [5.74, 6) is -0.246. The number of piperidine rings is 1. The van der Waals surface area contributed by atoms with Gasteiger partial charge in [-0.1, -0.05) is 0 Å². The summed E-state index contributed by atoms with van der Waals surface area (Å²) in [6.07, 6.45) is 1.70. The van der Waals surface area contributed by atoms with Crippen LogP contribution in [-0.2, 0) is 14.3 Å². The minimum absolute atomic E-state index is 0.246. The van der Waals surface area contributed by atoms with Gasteiger partial charge >= 0.3 is 5.97 Å². The van der Waals surface area contributed by atoms with Crippen molar-refractivity contribution in [1.29, 1.82) is 0 Å². The molecule has 0 radical (unpaired) electrons. The van der Waals surface area contributed by atoms with Gasteiger partial charge in [-0.2, -0.15) is 0 Å². The number of methoxy groups -OCH3 is 1. The number of carbonyl (C=O) groups excluding carboxylic acids is 1. The van der Waals surface area contributed by atoms with Crippen LogP contribution in [0.2, 0.25) is 0 Å². The van der Waals surface area contributed by atoms with Gasteiger partial charge in [-0.05, 0) is 26.3 Å². The molecule has 0 aromatic heterocycles. The van der Waals surface area contributed by atoms with Gasteiger partial charge in [0, 0.05) is 13.7 Å². The third-order valence-corrected chi connectivity index (χ3v) is 2.38. The molecule has 1 rings (SSSR count). The first-order valence-electron chi connectivity index (χ1n) is 4.68. The highest BCUT2D eigenvalue weighted by molar-refractivity contribution is 5.80. The fraction of sp³-hybridized carbons (Fsp3) is 0.889. The molecule has 1 saturated heterocycles. The highest BCUT2D eigenvalue weighted by atomic mass is 16.6. The molecule has 1 fully saturated rings. The van der Waals surface area contributed by atoms with Crippen molar-refractivity contribution in [3.05, 3.63) is 0 Å². The standard InChI is InChI=1S/C9H17NO3/c1-3-13-8(11)9(12-2)5-4-6-10-7-9/h10H,3-7H2,1-2H3. The zero-order chi connectivity index (χ0) is 9.73. The number of hydrogen-bond donors (Lipinski definition) is 1. The highest BCUT2D eigenvalue weighted by Crippen LogP contribution is 2.21. The lowest BCUT2D eigenvalue weighted by Gasteiger charge is -2.33. The predicted octanol–water partition coefficient (Wildman–Crippen LogP) is 0.318. The Labute approximate surface area is 78.6 Å². The van der Waals surface area contributed by atoms with Crippen LogP contribution in [0.1, 0.15) is 19.8 Å². The Morgan fingerprint density at radius 2 is 2.38 bits per heavy atom. The molecular weight excluding hydrogens is 170 g/mol. The molecule has 1 aliphatic heterocycles. The van der Waals surface area contributed by atoms with Gasteiger partial charge in [0.15, 0.2) is 5.60 Å². The Kier molecular flexibility index (Phi) is 3.69. The summed E-state index contributed by atoms with van der Waals surface area (Å²) in [6, 6.07) is 0. The first-order valence-corrected chi connectivity index (χ1v) is 4.68. The molecule has 1 atom stereocenters. The fourth-order valence-corrected chi connectivity index (χ4v) is 1.57. The van der Waals surface area contributed by atoms with Crippen molar-refractivity contribution in [3.63, 3.8) is 0 Å². The van der Waals surface area contributed by atoms with Crippen molar-refractivity contribution in [2.75, 3.05) is 26.8 Å². The zero-order valence-electron chi connectivity index (χ0n) is 8.26. The summed E-state index contributed by atoms with van der Waals surface area (Å²) in [7, 11) is 1.56. The number of esters is 1. The summed E-state index contributed by atoms with van der Waals surface area (Å²) in [4.78, 5) is 11.6. The van der Waals surface area contributed by atoms with Crippen molar-refractivity contribution in [2.24, 2.45) is 0 Å². The molecule has 76 valence electrons. The van der Waals surface area contributed by atoms with E-state index in [4.69, 9.17) is 9.47 Å². The van der Waals surface area contributed by atoms with Crippen molar-refractivity contribution in [3.8, 4) is 0 Å². The lowest BCUT2D eigenvalue weighted by Crippen LogP contribution is -2.53. The van der Waals surface area contributed by atoms with E-state index in [-0.39, 0.29) is 5.97 Å². The van der Waals surface area contributed by atoms with Gasteiger partial charge in [0.25, 0.3) is 0 Å². The van der Waals surface area contributed by atoms with E-state index in [1.165, 1.54) is 0 Å². The molecule has 13 heavy (non-hydrogen) atoms. The van der Waals surface area contributed by atoms with Crippen molar-refractivity contribution in [2.45, 2.75) is 25.4 Å². The summed E-state index contributed by atoms with van der Waals surface area (Å²) in [5.41, 5.74) is -0.742. The molecule has 4 heteroatoms. The number of hydrogen-bond acceptors (Lipinski definition) is 4. The van der Waals surface area contributed by atoms with Crippen LogP contribution in [0.15, 0.2) is 0 Å². The molecule has 0 amide bonds. The monoisotopic (exact) mass is 187 g/mol. The van der Waals surface area contributed by atoms with E-state index < -0.39 is 5.60 Å². The number of nitrogens with one attached hydrogen (secondary N) is 1. The van der Waals surface area contributed by atoms with Gasteiger partial charge in [-0.15, -0.1) is 0 Å². The molecule has 0 bridgehead atoms. The number of rotatable bonds is 3. The second kappa shape index (κ2) is 4.58. The average molecular weight is 187 g/mol. The van der Waals surface area contributed by atoms with Gasteiger partial charge in [-0.3, -0.25) is 0 Å². The maximum Gasteiger partial charge on any atom is 0.339 e. The van der Waals surface area contributed by atoms with Gasteiger partial charge in [-0.25, -0.2) is 4.79 Å². The average Bonchev–Trinajstić information content (AvgIpc) is 2.19. The quantitative estimate of drug-likeness (QED) is 0.646. The zero-order valence-corrected chi connectivity index (χ0v) is 8.26. The molecule has 0 aliphatic carbocycles. The first kappa shape index (κ1) is 10.5. The molecule has 1 N–H and O–H groups in total. The van der Waals surface area contributed by atoms with Crippen LogP contribution in [0.3, 0.4) is 0 Å². The minimum atomic E-state index is -0.742. The van der Waals surface area contributed by atoms with Crippen molar-refractivity contribution in [1.82, 2.24) is 5.32 Å². The van der Waals surface area contributed by atoms with Crippen molar-refractivity contribution < 1.29 is 14.3 Å². The molecule has 0 aromatic rings. The Morgan fingerprint density at radius 1 is 1.62 bits per heavy atom. The number of ether oxygens (including phenoxy) is 2. The van der Waals surface area contributed by atoms with E-state index in [0.717, 1.165) is 19.4 Å². The summed E-state index contributed by atoms with van der Waals surface area (Å²) >= 11 is 0. The molecule has 1 aliphatic rings. The van der Waals surface area contributed by atoms with E-state index in [0.29, 0.717) is 13.2 Å². The highest BCUT2D eigenvalue weighted by Gasteiger charge is 2.41. The Balaban J connectivity index is 2.61. The van der Waals surface area contributed by atoms with E-state index in [1.807, 2.05) is 0 Å². The van der Waals surface area contributed by atoms with Crippen LogP contribution >= 0.6 is 0 Å². The second-order valence-electron chi connectivity index (χ2n) is 3.20. The summed E-state index contributed by atoms with van der Waals surface area (Å²) in [5, 5.41) is 3.14. The second-order valence-corrected chi connectivity index (χ2v) is 3.20. The Hall–Kier alpha value is -0.610. The summed E-state index contributed by atoms with van der Waals surface area (Å²) < 4.78 is 10.2. The van der Waals surface area contributed by atoms with Crippen LogP contribution in [0, 0.1) is 0 Å². The lowest BCUT2D eigenvalue weighted by atomic mass is 9.94. The van der Waals surface area contributed by atoms with Crippen molar-refractivity contribution >= 4 is 5.97 Å². The molecule has 1 heterocycles. The van der Waals surface area contributed by atoms with Crippen LogP contribution < -0.4 is 5.32 Å². The molecule has 0 spiro atoms. The predicted molar refractivity (Wildman–Crippen MR) is 48.5 cm³/mol.